The number of carbonyl (C=O) groups excluding carboxylic acids is 1. The molecule has 3 rings (SSSR count). The predicted molar refractivity (Wildman–Crippen MR) is 168 cm³/mol. The van der Waals surface area contributed by atoms with Crippen LogP contribution in [0.2, 0.25) is 0 Å². The smallest absolute Gasteiger partial charge is 0.303 e. The molecule has 1 amide bonds. The Morgan fingerprint density at radius 2 is 1.58 bits per heavy atom. The van der Waals surface area contributed by atoms with Crippen LogP contribution in [0.5, 0.6) is 0 Å². The third-order valence-corrected chi connectivity index (χ3v) is 7.56. The van der Waals surface area contributed by atoms with Crippen LogP contribution in [0.1, 0.15) is 64.6 Å². The molecule has 4 N–H and O–H groups in total. The van der Waals surface area contributed by atoms with Crippen molar-refractivity contribution in [2.75, 3.05) is 23.3 Å². The summed E-state index contributed by atoms with van der Waals surface area (Å²) in [4.78, 5) is 35.0. The summed E-state index contributed by atoms with van der Waals surface area (Å²) in [5.41, 5.74) is -1.25. The van der Waals surface area contributed by atoms with E-state index >= 15 is 8.78 Å². The molecular weight excluding hydrogens is 656 g/mol. The summed E-state index contributed by atoms with van der Waals surface area (Å²) in [5, 5.41) is 43.2. The molecule has 0 aliphatic rings. The van der Waals surface area contributed by atoms with E-state index in [2.05, 4.69) is 20.6 Å². The van der Waals surface area contributed by atoms with Crippen molar-refractivity contribution >= 4 is 50.8 Å². The van der Waals surface area contributed by atoms with Crippen molar-refractivity contribution < 1.29 is 46.3 Å². The fraction of sp³-hybridized carbons (Fsp3) is 0.367. The second-order valence-electron chi connectivity index (χ2n) is 11.6. The van der Waals surface area contributed by atoms with Gasteiger partial charge in [0.05, 0.1) is 16.3 Å². The Morgan fingerprint density at radius 1 is 1.02 bits per heavy atom. The molecule has 0 saturated heterocycles. The molecule has 0 saturated carbocycles. The lowest BCUT2D eigenvalue weighted by Gasteiger charge is -2.25. The Kier molecular flexibility index (Phi) is 11.7. The molecule has 1 aromatic heterocycles. The summed E-state index contributed by atoms with van der Waals surface area (Å²) < 4.78 is 63.5. The zero-order valence-electron chi connectivity index (χ0n) is 26.4. The van der Waals surface area contributed by atoms with E-state index in [1.54, 1.807) is 31.7 Å². The fourth-order valence-electron chi connectivity index (χ4n) is 4.59. The highest BCUT2D eigenvalue weighted by Gasteiger charge is 2.31. The van der Waals surface area contributed by atoms with E-state index in [1.807, 2.05) is 6.07 Å². The number of hydrogen-bond donors (Lipinski definition) is 4. The van der Waals surface area contributed by atoms with Gasteiger partial charge in [-0.2, -0.15) is 18.8 Å². The van der Waals surface area contributed by atoms with Gasteiger partial charge >= 0.3 is 11.9 Å². The number of aromatic nitrogens is 2. The van der Waals surface area contributed by atoms with Crippen molar-refractivity contribution in [3.05, 3.63) is 53.2 Å². The third kappa shape index (κ3) is 9.39. The average Bonchev–Trinajstić information content (AvgIpc) is 3.33. The molecule has 2 aromatic carbocycles. The lowest BCUT2D eigenvalue weighted by Crippen LogP contribution is -2.26. The molecule has 0 fully saturated rings. The number of nitriles is 1. The van der Waals surface area contributed by atoms with Gasteiger partial charge in [-0.3, -0.25) is 18.9 Å². The lowest BCUT2D eigenvalue weighted by molar-refractivity contribution is -0.138. The number of halogens is 2. The topological polar surface area (TPSA) is 228 Å². The molecule has 1 heterocycles. The predicted octanol–water partition coefficient (Wildman–Crippen LogP) is 5.48. The number of rotatable bonds is 14. The van der Waals surface area contributed by atoms with Gasteiger partial charge in [0.25, 0.3) is 10.1 Å². The largest absolute Gasteiger partial charge is 0.481 e. The number of amides is 1. The van der Waals surface area contributed by atoms with Crippen molar-refractivity contribution in [3.8, 4) is 11.8 Å². The van der Waals surface area contributed by atoms with Crippen LogP contribution >= 0.6 is 0 Å². The van der Waals surface area contributed by atoms with Gasteiger partial charge in [-0.15, -0.1) is 10.2 Å². The van der Waals surface area contributed by atoms with Gasteiger partial charge in [0.2, 0.25) is 5.91 Å². The van der Waals surface area contributed by atoms with Crippen molar-refractivity contribution in [2.24, 2.45) is 10.2 Å². The first kappa shape index (κ1) is 37.2. The number of azo groups is 1. The summed E-state index contributed by atoms with van der Waals surface area (Å²) in [6.07, 6.45) is 0.223. The highest BCUT2D eigenvalue weighted by atomic mass is 32.2. The number of carboxylic acids is 2. The van der Waals surface area contributed by atoms with Gasteiger partial charge in [-0.25, -0.2) is 13.5 Å². The van der Waals surface area contributed by atoms with Gasteiger partial charge in [-0.1, -0.05) is 20.8 Å². The Hall–Kier alpha value is -5.28. The molecule has 48 heavy (non-hydrogen) atoms. The Labute approximate surface area is 274 Å². The SMILES string of the molecule is CC(=O)Nc1cc(N(CCCC(=O)O)CCCC(=O)O)ccc1N=Nc1c(C#N)c(C(C)(C)C)nn1-c1c(F)cc(S(=O)(=O)O)cc1F. The number of carbonyl (C=O) groups is 3. The second-order valence-corrected chi connectivity index (χ2v) is 13.0. The van der Waals surface area contributed by atoms with E-state index in [-0.39, 0.29) is 61.4 Å². The van der Waals surface area contributed by atoms with Gasteiger partial charge in [-0.05, 0) is 43.2 Å². The van der Waals surface area contributed by atoms with Gasteiger partial charge < -0.3 is 20.4 Å². The number of nitrogens with one attached hydrogen (secondary N) is 1. The van der Waals surface area contributed by atoms with Crippen LogP contribution in [0.4, 0.5) is 31.7 Å². The van der Waals surface area contributed by atoms with Crippen LogP contribution in [-0.2, 0) is 29.9 Å². The summed E-state index contributed by atoms with van der Waals surface area (Å²) in [6, 6.07) is 7.19. The summed E-state index contributed by atoms with van der Waals surface area (Å²) >= 11 is 0. The number of benzene rings is 2. The number of aliphatic carboxylic acids is 2. The lowest BCUT2D eigenvalue weighted by atomic mass is 9.90. The van der Waals surface area contributed by atoms with E-state index in [4.69, 9.17) is 10.2 Å². The van der Waals surface area contributed by atoms with Crippen LogP contribution in [-0.4, -0.2) is 63.9 Å². The first-order chi connectivity index (χ1) is 22.3. The molecule has 0 unspecified atom stereocenters. The number of nitrogens with zero attached hydrogens (tertiary/aromatic N) is 6. The molecule has 3 aromatic rings. The molecule has 0 bridgehead atoms. The molecule has 256 valence electrons. The average molecular weight is 690 g/mol. The first-order valence-corrected chi connectivity index (χ1v) is 15.8. The normalized spacial score (nSPS) is 11.8. The quantitative estimate of drug-likeness (QED) is 0.122. The number of carboxylic acid groups (broad SMARTS) is 2. The zero-order valence-corrected chi connectivity index (χ0v) is 27.2. The summed E-state index contributed by atoms with van der Waals surface area (Å²) in [7, 11) is -4.97. The number of anilines is 2. The molecule has 0 radical (unpaired) electrons. The summed E-state index contributed by atoms with van der Waals surface area (Å²) in [6.45, 7) is 6.77. The highest BCUT2D eigenvalue weighted by molar-refractivity contribution is 7.85. The molecule has 0 atom stereocenters. The van der Waals surface area contributed by atoms with Crippen molar-refractivity contribution in [1.29, 1.82) is 5.26 Å². The zero-order chi connectivity index (χ0) is 36.0. The third-order valence-electron chi connectivity index (χ3n) is 6.73. The van der Waals surface area contributed by atoms with Crippen molar-refractivity contribution in [2.45, 2.75) is 63.7 Å². The van der Waals surface area contributed by atoms with Crippen molar-refractivity contribution in [1.82, 2.24) is 9.78 Å². The molecule has 0 aliphatic carbocycles. The van der Waals surface area contributed by atoms with Crippen LogP contribution in [0.25, 0.3) is 5.69 Å². The maximum absolute atomic E-state index is 15.3. The molecular formula is C30H33F2N7O8S. The Bertz CT molecular complexity index is 1870. The molecule has 0 aliphatic heterocycles. The van der Waals surface area contributed by atoms with E-state index in [9.17, 15) is 32.6 Å². The molecule has 18 heteroatoms. The maximum atomic E-state index is 15.3. The maximum Gasteiger partial charge on any atom is 0.303 e. The molecule has 0 spiro atoms. The first-order valence-electron chi connectivity index (χ1n) is 14.4. The minimum absolute atomic E-state index is 0.0292. The van der Waals surface area contributed by atoms with E-state index in [1.165, 1.54) is 19.1 Å². The Balaban J connectivity index is 2.19. The minimum atomic E-state index is -4.97. The molecule has 15 nitrogen and oxygen atoms in total. The summed E-state index contributed by atoms with van der Waals surface area (Å²) in [5.74, 6) is -5.83. The van der Waals surface area contributed by atoms with Crippen molar-refractivity contribution in [3.63, 3.8) is 0 Å². The van der Waals surface area contributed by atoms with Gasteiger partial charge in [0.15, 0.2) is 17.5 Å². The monoisotopic (exact) mass is 689 g/mol. The number of hydrogen-bond acceptors (Lipinski definition) is 10. The van der Waals surface area contributed by atoms with E-state index in [0.29, 0.717) is 22.5 Å². The van der Waals surface area contributed by atoms with Gasteiger partial charge in [0, 0.05) is 44.0 Å². The fourth-order valence-corrected chi connectivity index (χ4v) is 5.09. The van der Waals surface area contributed by atoms with Crippen LogP contribution in [0, 0.1) is 23.0 Å². The van der Waals surface area contributed by atoms with E-state index in [0.717, 1.165) is 0 Å². The van der Waals surface area contributed by atoms with Crippen LogP contribution < -0.4 is 10.2 Å². The second kappa shape index (κ2) is 15.1. The minimum Gasteiger partial charge on any atom is -0.481 e. The van der Waals surface area contributed by atoms with Crippen LogP contribution in [0.3, 0.4) is 0 Å². The van der Waals surface area contributed by atoms with Crippen LogP contribution in [0.15, 0.2) is 45.5 Å². The van der Waals surface area contributed by atoms with Gasteiger partial charge in [0.1, 0.15) is 23.0 Å². The standard InChI is InChI=1S/C30H33F2N7O8S/c1-17(40)34-24-13-18(38(11-5-7-25(41)42)12-6-8-26(43)44)9-10-23(24)35-36-29-20(16-33)28(30(2,3)4)37-39(29)27-21(31)14-19(15-22(27)32)48(45,46)47/h9-10,13-15H,5-8,11-12H2,1-4H3,(H,34,40)(H,41,42)(H,43,44)(H,45,46,47). The van der Waals surface area contributed by atoms with E-state index < -0.39 is 61.4 Å². The highest BCUT2D eigenvalue weighted by Crippen LogP contribution is 2.37. The Morgan fingerprint density at radius 3 is 2.04 bits per heavy atom.